The summed E-state index contributed by atoms with van der Waals surface area (Å²) in [6.07, 6.45) is 5.81. The van der Waals surface area contributed by atoms with E-state index in [1.165, 1.54) is 18.1 Å². The summed E-state index contributed by atoms with van der Waals surface area (Å²) in [4.78, 5) is 25.7. The van der Waals surface area contributed by atoms with Crippen LogP contribution in [0.5, 0.6) is 5.75 Å². The summed E-state index contributed by atoms with van der Waals surface area (Å²) in [5.41, 5.74) is 0.659. The van der Waals surface area contributed by atoms with E-state index in [4.69, 9.17) is 9.68 Å². The Bertz CT molecular complexity index is 613. The molecule has 5 rings (SSSR count). The van der Waals surface area contributed by atoms with Gasteiger partial charge >= 0.3 is 0 Å². The number of benzene rings is 1. The highest BCUT2D eigenvalue weighted by atomic mass is 16.9. The Hall–Kier alpha value is -2.05. The van der Waals surface area contributed by atoms with Crippen LogP contribution < -0.4 is 10.2 Å². The molecule has 3 fully saturated rings. The van der Waals surface area contributed by atoms with Crippen LogP contribution in [0.3, 0.4) is 0 Å². The summed E-state index contributed by atoms with van der Waals surface area (Å²) in [5.74, 6) is 1.24. The normalized spacial score (nSPS) is 31.7. The predicted molar refractivity (Wildman–Crippen MR) is 89.0 cm³/mol. The monoisotopic (exact) mass is 329 g/mol. The molecule has 0 saturated carbocycles. The molecule has 4 aliphatic rings. The number of carbonyl (C=O) groups is 1. The Morgan fingerprint density at radius 3 is 2.62 bits per heavy atom. The topological polar surface area (TPSA) is 54.0 Å². The number of rotatable bonds is 4. The summed E-state index contributed by atoms with van der Waals surface area (Å²) < 4.78 is 0. The molecule has 1 aromatic carbocycles. The van der Waals surface area contributed by atoms with Crippen molar-refractivity contribution < 1.29 is 14.5 Å². The first-order chi connectivity index (χ1) is 11.7. The van der Waals surface area contributed by atoms with Crippen LogP contribution in [0.1, 0.15) is 30.1 Å². The predicted octanol–water partition coefficient (Wildman–Crippen LogP) is 1.95. The zero-order valence-electron chi connectivity index (χ0n) is 13.9. The van der Waals surface area contributed by atoms with Gasteiger partial charge in [0.25, 0.3) is 5.91 Å². The number of fused-ring (bicyclic) bond motifs is 3. The van der Waals surface area contributed by atoms with Gasteiger partial charge in [-0.15, -0.1) is 0 Å². The third-order valence-corrected chi connectivity index (χ3v) is 5.33. The molecule has 0 aliphatic carbocycles. The van der Waals surface area contributed by atoms with Crippen LogP contribution in [-0.2, 0) is 4.84 Å². The molecule has 128 valence electrons. The van der Waals surface area contributed by atoms with Gasteiger partial charge in [0.2, 0.25) is 0 Å². The maximum absolute atomic E-state index is 12.6. The summed E-state index contributed by atoms with van der Waals surface area (Å²) in [7, 11) is 0. The van der Waals surface area contributed by atoms with E-state index in [9.17, 15) is 4.79 Å². The zero-order valence-corrected chi connectivity index (χ0v) is 13.9. The summed E-state index contributed by atoms with van der Waals surface area (Å²) in [5, 5.41) is 4.62. The molecule has 0 spiro atoms. The number of hydroxylamine groups is 2. The fraction of sp³-hybridized carbons (Fsp3) is 0.500. The van der Waals surface area contributed by atoms with Crippen molar-refractivity contribution in [2.45, 2.75) is 31.8 Å². The number of nitrogens with one attached hydrogen (secondary N) is 1. The van der Waals surface area contributed by atoms with Crippen molar-refractivity contribution in [3.8, 4) is 5.75 Å². The summed E-state index contributed by atoms with van der Waals surface area (Å²) in [6.45, 7) is 5.13. The van der Waals surface area contributed by atoms with Crippen LogP contribution in [0, 0.1) is 5.92 Å². The highest BCUT2D eigenvalue weighted by Crippen LogP contribution is 2.32. The van der Waals surface area contributed by atoms with E-state index in [0.29, 0.717) is 29.8 Å². The minimum absolute atomic E-state index is 0.00811. The van der Waals surface area contributed by atoms with Gasteiger partial charge in [-0.1, -0.05) is 0 Å². The lowest BCUT2D eigenvalue weighted by Gasteiger charge is -2.49. The molecule has 1 amide bonds. The van der Waals surface area contributed by atoms with Crippen molar-refractivity contribution in [1.29, 1.82) is 0 Å². The van der Waals surface area contributed by atoms with E-state index < -0.39 is 0 Å². The van der Waals surface area contributed by atoms with Crippen molar-refractivity contribution in [3.05, 3.63) is 42.2 Å². The fourth-order valence-electron chi connectivity index (χ4n) is 3.91. The number of hydrogen-bond donors (Lipinski definition) is 1. The Kier molecular flexibility index (Phi) is 4.16. The Labute approximate surface area is 141 Å². The summed E-state index contributed by atoms with van der Waals surface area (Å²) in [6, 6.07) is 7.83. The Balaban J connectivity index is 1.37. The smallest absolute Gasteiger partial charge is 0.251 e. The van der Waals surface area contributed by atoms with Crippen LogP contribution in [0.4, 0.5) is 0 Å². The van der Waals surface area contributed by atoms with Crippen LogP contribution in [0.15, 0.2) is 36.6 Å². The van der Waals surface area contributed by atoms with Crippen LogP contribution in [0.2, 0.25) is 0 Å². The quantitative estimate of drug-likeness (QED) is 0.915. The molecular formula is C18H23N3O3. The minimum atomic E-state index is -0.00811. The Morgan fingerprint density at radius 2 is 2.00 bits per heavy atom. The van der Waals surface area contributed by atoms with E-state index in [1.807, 2.05) is 6.08 Å². The van der Waals surface area contributed by atoms with Gasteiger partial charge in [-0.25, -0.2) is 0 Å². The molecule has 4 aliphatic heterocycles. The van der Waals surface area contributed by atoms with Crippen LogP contribution in [-0.4, -0.2) is 47.8 Å². The van der Waals surface area contributed by atoms with Gasteiger partial charge in [0.1, 0.15) is 6.26 Å². The lowest BCUT2D eigenvalue weighted by Crippen LogP contribution is -2.62. The van der Waals surface area contributed by atoms with E-state index in [1.54, 1.807) is 30.5 Å². The zero-order chi connectivity index (χ0) is 16.5. The van der Waals surface area contributed by atoms with Crippen molar-refractivity contribution in [1.82, 2.24) is 15.4 Å². The van der Waals surface area contributed by atoms with Gasteiger partial charge in [0, 0.05) is 22.9 Å². The van der Waals surface area contributed by atoms with Gasteiger partial charge in [-0.05, 0) is 69.1 Å². The van der Waals surface area contributed by atoms with E-state index in [0.717, 1.165) is 13.1 Å². The second-order valence-corrected chi connectivity index (χ2v) is 6.72. The minimum Gasteiger partial charge on any atom is -0.379 e. The standard InChI is InChI=1S/C18H23N3O3/c1-13-17(14-7-10-20(13)11-8-14)19-18(22)15-3-5-16(6-4-15)24-21-9-2-12-23-21/h2-6,12-14,17H,7-11H2,1H3,(H,19,22)/t13-,17+/m1/s1. The molecule has 0 radical (unpaired) electrons. The van der Waals surface area contributed by atoms with Crippen molar-refractivity contribution in [2.24, 2.45) is 5.92 Å². The van der Waals surface area contributed by atoms with Gasteiger partial charge < -0.3 is 15.0 Å². The van der Waals surface area contributed by atoms with Crippen molar-refractivity contribution >= 4 is 5.91 Å². The van der Waals surface area contributed by atoms with Crippen molar-refractivity contribution in [3.63, 3.8) is 0 Å². The first-order valence-electron chi connectivity index (χ1n) is 8.63. The van der Waals surface area contributed by atoms with Crippen LogP contribution >= 0.6 is 0 Å². The molecule has 0 unspecified atom stereocenters. The lowest BCUT2D eigenvalue weighted by atomic mass is 9.79. The molecule has 3 saturated heterocycles. The van der Waals surface area contributed by atoms with Crippen molar-refractivity contribution in [2.75, 3.05) is 19.6 Å². The molecule has 2 bridgehead atoms. The molecule has 4 heterocycles. The second kappa shape index (κ2) is 6.45. The average molecular weight is 329 g/mol. The number of piperidine rings is 3. The molecule has 1 N–H and O–H groups in total. The highest BCUT2D eigenvalue weighted by Gasteiger charge is 2.40. The van der Waals surface area contributed by atoms with E-state index in [-0.39, 0.29) is 11.9 Å². The fourth-order valence-corrected chi connectivity index (χ4v) is 3.91. The average Bonchev–Trinajstić information content (AvgIpc) is 3.12. The molecule has 1 aromatic rings. The molecule has 6 heteroatoms. The number of hydrogen-bond acceptors (Lipinski definition) is 5. The highest BCUT2D eigenvalue weighted by molar-refractivity contribution is 5.94. The molecule has 0 aromatic heterocycles. The van der Waals surface area contributed by atoms with Gasteiger partial charge in [-0.2, -0.15) is 0 Å². The van der Waals surface area contributed by atoms with Gasteiger partial charge in [0.15, 0.2) is 5.75 Å². The molecule has 2 atom stereocenters. The van der Waals surface area contributed by atoms with Gasteiger partial charge in [-0.3, -0.25) is 9.69 Å². The second-order valence-electron chi connectivity index (χ2n) is 6.72. The first-order valence-corrected chi connectivity index (χ1v) is 8.63. The SMILES string of the molecule is C[C@@H]1[C@H](NC(=O)c2ccc(ON3CC=CO3)cc2)C2CCN1CC2. The Morgan fingerprint density at radius 1 is 1.25 bits per heavy atom. The van der Waals surface area contributed by atoms with Crippen LogP contribution in [0.25, 0.3) is 0 Å². The number of nitrogens with zero attached hydrogens (tertiary/aromatic N) is 2. The van der Waals surface area contributed by atoms with E-state index in [2.05, 4.69) is 17.1 Å². The largest absolute Gasteiger partial charge is 0.379 e. The third kappa shape index (κ3) is 2.99. The molecular weight excluding hydrogens is 306 g/mol. The first kappa shape index (κ1) is 15.5. The maximum atomic E-state index is 12.6. The number of amides is 1. The lowest BCUT2D eigenvalue weighted by molar-refractivity contribution is -0.266. The number of carbonyl (C=O) groups excluding carboxylic acids is 1. The molecule has 6 nitrogen and oxygen atoms in total. The van der Waals surface area contributed by atoms with Gasteiger partial charge in [0.05, 0.1) is 6.54 Å². The summed E-state index contributed by atoms with van der Waals surface area (Å²) >= 11 is 0. The maximum Gasteiger partial charge on any atom is 0.251 e. The molecule has 24 heavy (non-hydrogen) atoms. The third-order valence-electron chi connectivity index (χ3n) is 5.33. The van der Waals surface area contributed by atoms with E-state index >= 15 is 0 Å².